The fourth-order valence-electron chi connectivity index (χ4n) is 2.01. The summed E-state index contributed by atoms with van der Waals surface area (Å²) in [5.41, 5.74) is 0.735. The summed E-state index contributed by atoms with van der Waals surface area (Å²) in [4.78, 5) is 22.9. The minimum absolute atomic E-state index is 0.00924. The first kappa shape index (κ1) is 20.8. The highest BCUT2D eigenvalue weighted by Crippen LogP contribution is 2.35. The number of ether oxygens (including phenoxy) is 1. The van der Waals surface area contributed by atoms with Crippen molar-refractivity contribution in [1.29, 1.82) is 5.26 Å². The lowest BCUT2D eigenvalue weighted by Crippen LogP contribution is -2.13. The molecular weight excluding hydrogens is 459 g/mol. The minimum Gasteiger partial charge on any atom is -0.479 e. The van der Waals surface area contributed by atoms with Gasteiger partial charge in [0.05, 0.1) is 10.0 Å². The van der Waals surface area contributed by atoms with E-state index in [4.69, 9.17) is 33.0 Å². The van der Waals surface area contributed by atoms with Gasteiger partial charge in [-0.25, -0.2) is 4.79 Å². The summed E-state index contributed by atoms with van der Waals surface area (Å²) in [7, 11) is 0. The van der Waals surface area contributed by atoms with Crippen LogP contribution in [0.4, 0.5) is 5.69 Å². The van der Waals surface area contributed by atoms with Gasteiger partial charge in [0.2, 0.25) is 0 Å². The Kier molecular flexibility index (Phi) is 7.25. The van der Waals surface area contributed by atoms with E-state index in [0.29, 0.717) is 11.3 Å². The van der Waals surface area contributed by atoms with Crippen molar-refractivity contribution in [3.05, 3.63) is 62.1 Å². The van der Waals surface area contributed by atoms with E-state index in [1.165, 1.54) is 18.2 Å². The third-order valence-corrected chi connectivity index (χ3v) is 4.17. The van der Waals surface area contributed by atoms with Crippen LogP contribution in [0.1, 0.15) is 5.56 Å². The van der Waals surface area contributed by atoms with E-state index < -0.39 is 18.5 Å². The fourth-order valence-corrected chi connectivity index (χ4v) is 3.03. The number of carbonyl (C=O) groups is 2. The SMILES string of the molecule is N#C/C(=C\c1cc(Cl)c(OCC(=O)O)c(Cl)c1)C(=O)Nc1cccc(Br)c1. The smallest absolute Gasteiger partial charge is 0.341 e. The first-order valence-corrected chi connectivity index (χ1v) is 8.87. The summed E-state index contributed by atoms with van der Waals surface area (Å²) in [5.74, 6) is -1.77. The molecule has 6 nitrogen and oxygen atoms in total. The maximum atomic E-state index is 12.3. The van der Waals surface area contributed by atoms with Crippen molar-refractivity contribution in [1.82, 2.24) is 0 Å². The summed E-state index contributed by atoms with van der Waals surface area (Å²) < 4.78 is 5.80. The third-order valence-electron chi connectivity index (χ3n) is 3.12. The van der Waals surface area contributed by atoms with Crippen LogP contribution in [0.15, 0.2) is 46.4 Å². The highest BCUT2D eigenvalue weighted by Gasteiger charge is 2.14. The third kappa shape index (κ3) is 6.00. The molecule has 0 saturated carbocycles. The zero-order valence-corrected chi connectivity index (χ0v) is 16.6. The van der Waals surface area contributed by atoms with Crippen molar-refractivity contribution in [2.45, 2.75) is 0 Å². The molecule has 27 heavy (non-hydrogen) atoms. The molecule has 2 N–H and O–H groups in total. The topological polar surface area (TPSA) is 99.4 Å². The number of anilines is 1. The van der Waals surface area contributed by atoms with Crippen LogP contribution in [-0.4, -0.2) is 23.6 Å². The van der Waals surface area contributed by atoms with Gasteiger partial charge in [-0.05, 0) is 42.0 Å². The van der Waals surface area contributed by atoms with Gasteiger partial charge in [0.1, 0.15) is 11.6 Å². The molecule has 0 aliphatic rings. The predicted molar refractivity (Wildman–Crippen MR) is 106 cm³/mol. The Bertz CT molecular complexity index is 947. The van der Waals surface area contributed by atoms with Crippen molar-refractivity contribution in [3.8, 4) is 11.8 Å². The first-order chi connectivity index (χ1) is 12.8. The average molecular weight is 470 g/mol. The Hall–Kier alpha value is -2.53. The van der Waals surface area contributed by atoms with Gasteiger partial charge >= 0.3 is 5.97 Å². The molecule has 2 rings (SSSR count). The molecule has 0 spiro atoms. The number of amides is 1. The average Bonchev–Trinajstić information content (AvgIpc) is 2.58. The Morgan fingerprint density at radius 3 is 2.48 bits per heavy atom. The summed E-state index contributed by atoms with van der Waals surface area (Å²) in [6.45, 7) is -0.604. The standard InChI is InChI=1S/C18H11BrCl2N2O4/c19-12-2-1-3-13(7-12)23-18(26)11(8-22)4-10-5-14(20)17(15(21)6-10)27-9-16(24)25/h1-7H,9H2,(H,23,26)(H,24,25)/b11-4+. The van der Waals surface area contributed by atoms with Crippen molar-refractivity contribution in [2.24, 2.45) is 0 Å². The quantitative estimate of drug-likeness (QED) is 0.469. The lowest BCUT2D eigenvalue weighted by atomic mass is 10.1. The predicted octanol–water partition coefficient (Wildman–Crippen LogP) is 4.76. The zero-order valence-electron chi connectivity index (χ0n) is 13.5. The molecule has 1 amide bonds. The number of nitrogens with one attached hydrogen (secondary N) is 1. The largest absolute Gasteiger partial charge is 0.479 e. The van der Waals surface area contributed by atoms with Gasteiger partial charge in [0, 0.05) is 10.2 Å². The first-order valence-electron chi connectivity index (χ1n) is 7.32. The zero-order chi connectivity index (χ0) is 20.0. The molecule has 138 valence electrons. The van der Waals surface area contributed by atoms with Crippen LogP contribution in [0.5, 0.6) is 5.75 Å². The van der Waals surface area contributed by atoms with Crippen LogP contribution in [0.3, 0.4) is 0 Å². The number of benzene rings is 2. The van der Waals surface area contributed by atoms with E-state index in [1.54, 1.807) is 24.3 Å². The van der Waals surface area contributed by atoms with Gasteiger partial charge in [0.25, 0.3) is 5.91 Å². The summed E-state index contributed by atoms with van der Waals surface area (Å²) in [6, 6.07) is 11.6. The molecule has 0 radical (unpaired) electrons. The maximum Gasteiger partial charge on any atom is 0.341 e. The number of halogens is 3. The second kappa shape index (κ2) is 9.42. The Labute approximate surface area is 173 Å². The van der Waals surface area contributed by atoms with Crippen LogP contribution in [0, 0.1) is 11.3 Å². The number of aliphatic carboxylic acids is 1. The molecule has 2 aromatic carbocycles. The molecular formula is C18H11BrCl2N2O4. The van der Waals surface area contributed by atoms with E-state index >= 15 is 0 Å². The molecule has 9 heteroatoms. The Morgan fingerprint density at radius 1 is 1.26 bits per heavy atom. The molecule has 2 aromatic rings. The molecule has 0 aliphatic carbocycles. The summed E-state index contributed by atoms with van der Waals surface area (Å²) >= 11 is 15.4. The lowest BCUT2D eigenvalue weighted by Gasteiger charge is -2.09. The van der Waals surface area contributed by atoms with Crippen molar-refractivity contribution in [2.75, 3.05) is 11.9 Å². The molecule has 0 unspecified atom stereocenters. The minimum atomic E-state index is -1.18. The van der Waals surface area contributed by atoms with E-state index in [0.717, 1.165) is 4.47 Å². The lowest BCUT2D eigenvalue weighted by molar-refractivity contribution is -0.139. The number of carbonyl (C=O) groups excluding carboxylic acids is 1. The van der Waals surface area contributed by atoms with Crippen molar-refractivity contribution in [3.63, 3.8) is 0 Å². The molecule has 0 bridgehead atoms. The van der Waals surface area contributed by atoms with E-state index in [9.17, 15) is 14.9 Å². The Balaban J connectivity index is 2.25. The molecule has 0 atom stereocenters. The highest BCUT2D eigenvalue weighted by atomic mass is 79.9. The van der Waals surface area contributed by atoms with Gasteiger partial charge in [-0.3, -0.25) is 4.79 Å². The number of nitrogens with zero attached hydrogens (tertiary/aromatic N) is 1. The van der Waals surface area contributed by atoms with E-state index in [2.05, 4.69) is 21.2 Å². The molecule has 0 aliphatic heterocycles. The second-order valence-electron chi connectivity index (χ2n) is 5.13. The number of hydrogen-bond donors (Lipinski definition) is 2. The van der Waals surface area contributed by atoms with Crippen LogP contribution < -0.4 is 10.1 Å². The van der Waals surface area contributed by atoms with Crippen LogP contribution in [0.25, 0.3) is 6.08 Å². The van der Waals surface area contributed by atoms with E-state index in [1.807, 2.05) is 6.07 Å². The van der Waals surface area contributed by atoms with E-state index in [-0.39, 0.29) is 21.4 Å². The molecule has 0 saturated heterocycles. The number of hydrogen-bond acceptors (Lipinski definition) is 4. The highest BCUT2D eigenvalue weighted by molar-refractivity contribution is 9.10. The number of carboxylic acids is 1. The van der Waals surface area contributed by atoms with Crippen molar-refractivity contribution < 1.29 is 19.4 Å². The van der Waals surface area contributed by atoms with Crippen LogP contribution in [0.2, 0.25) is 10.0 Å². The van der Waals surface area contributed by atoms with Crippen molar-refractivity contribution >= 4 is 62.8 Å². The van der Waals surface area contributed by atoms with Crippen LogP contribution in [-0.2, 0) is 9.59 Å². The fraction of sp³-hybridized carbons (Fsp3) is 0.0556. The second-order valence-corrected chi connectivity index (χ2v) is 6.86. The van der Waals surface area contributed by atoms with Gasteiger partial charge in [0.15, 0.2) is 12.4 Å². The van der Waals surface area contributed by atoms with Crippen LogP contribution >= 0.6 is 39.1 Å². The molecule has 0 aromatic heterocycles. The normalized spacial score (nSPS) is 10.8. The number of carboxylic acid groups (broad SMARTS) is 1. The monoisotopic (exact) mass is 468 g/mol. The summed E-state index contributed by atoms with van der Waals surface area (Å²) in [6.07, 6.45) is 1.31. The molecule has 0 heterocycles. The molecule has 0 fully saturated rings. The maximum absolute atomic E-state index is 12.3. The van der Waals surface area contributed by atoms with Gasteiger partial charge in [-0.1, -0.05) is 45.2 Å². The Morgan fingerprint density at radius 2 is 1.93 bits per heavy atom. The van der Waals surface area contributed by atoms with Gasteiger partial charge in [-0.15, -0.1) is 0 Å². The number of rotatable bonds is 6. The van der Waals surface area contributed by atoms with Gasteiger partial charge < -0.3 is 15.2 Å². The van der Waals surface area contributed by atoms with Gasteiger partial charge in [-0.2, -0.15) is 5.26 Å². The summed E-state index contributed by atoms with van der Waals surface area (Å²) in [5, 5.41) is 20.7. The number of nitriles is 1.